The van der Waals surface area contributed by atoms with E-state index in [2.05, 4.69) is 15.0 Å². The highest BCUT2D eigenvalue weighted by Gasteiger charge is 2.31. The molecule has 1 amide bonds. The Morgan fingerprint density at radius 1 is 1.07 bits per heavy atom. The molecular formula is C20H14ClF3N2O2. The lowest BCUT2D eigenvalue weighted by molar-refractivity contribution is -0.274. The number of aromatic nitrogens is 1. The summed E-state index contributed by atoms with van der Waals surface area (Å²) in [4.78, 5) is 16.5. The smallest absolute Gasteiger partial charge is 0.406 e. The molecule has 1 N–H and O–H groups in total. The van der Waals surface area contributed by atoms with Crippen LogP contribution in [0.4, 0.5) is 18.9 Å². The fourth-order valence-electron chi connectivity index (χ4n) is 2.68. The molecule has 3 aromatic rings. The maximum absolute atomic E-state index is 12.6. The molecule has 0 saturated carbocycles. The average molecular weight is 407 g/mol. The lowest BCUT2D eigenvalue weighted by Crippen LogP contribution is -2.17. The molecule has 0 saturated heterocycles. The Hall–Kier alpha value is -3.06. The molecule has 28 heavy (non-hydrogen) atoms. The summed E-state index contributed by atoms with van der Waals surface area (Å²) in [5.74, 6) is -0.640. The van der Waals surface area contributed by atoms with Gasteiger partial charge in [0.05, 0.1) is 11.9 Å². The molecule has 144 valence electrons. The molecule has 1 aromatic heterocycles. The number of hydrogen-bond acceptors (Lipinski definition) is 3. The van der Waals surface area contributed by atoms with Crippen LogP contribution in [0, 0.1) is 6.92 Å². The van der Waals surface area contributed by atoms with Crippen LogP contribution in [0.5, 0.6) is 5.75 Å². The third-order valence-corrected chi connectivity index (χ3v) is 4.19. The minimum absolute atomic E-state index is 0.307. The molecule has 8 heteroatoms. The average Bonchev–Trinajstić information content (AvgIpc) is 2.63. The van der Waals surface area contributed by atoms with Crippen molar-refractivity contribution in [1.29, 1.82) is 0 Å². The number of alkyl halides is 3. The second-order valence-electron chi connectivity index (χ2n) is 5.87. The van der Waals surface area contributed by atoms with E-state index >= 15 is 0 Å². The lowest BCUT2D eigenvalue weighted by Gasteiger charge is -2.13. The summed E-state index contributed by atoms with van der Waals surface area (Å²) in [6.45, 7) is 1.77. The van der Waals surface area contributed by atoms with Crippen LogP contribution in [0.2, 0.25) is 5.15 Å². The molecule has 0 fully saturated rings. The Bertz CT molecular complexity index is 988. The summed E-state index contributed by atoms with van der Waals surface area (Å²) in [6.07, 6.45) is -3.30. The van der Waals surface area contributed by atoms with E-state index in [0.29, 0.717) is 27.5 Å². The molecular weight excluding hydrogens is 393 g/mol. The van der Waals surface area contributed by atoms with E-state index < -0.39 is 6.36 Å². The first-order valence-electron chi connectivity index (χ1n) is 8.11. The zero-order chi connectivity index (χ0) is 20.3. The normalized spacial score (nSPS) is 11.2. The number of ether oxygens (including phenoxy) is 1. The number of halogens is 4. The number of nitrogens with one attached hydrogen (secondary N) is 1. The number of nitrogens with zero attached hydrogens (tertiary/aromatic N) is 1. The second-order valence-corrected chi connectivity index (χ2v) is 6.26. The maximum Gasteiger partial charge on any atom is 0.573 e. The van der Waals surface area contributed by atoms with Gasteiger partial charge in [-0.1, -0.05) is 35.9 Å². The maximum atomic E-state index is 12.6. The van der Waals surface area contributed by atoms with Gasteiger partial charge in [0.1, 0.15) is 10.9 Å². The molecule has 0 spiro atoms. The SMILES string of the molecule is Cc1c(C(=O)Nc2ccc(Cl)nc2)cccc1-c1ccc(OC(F)(F)F)cc1. The quantitative estimate of drug-likeness (QED) is 0.552. The number of rotatable bonds is 4. The summed E-state index contributed by atoms with van der Waals surface area (Å²) in [7, 11) is 0. The van der Waals surface area contributed by atoms with Crippen LogP contribution in [0.25, 0.3) is 11.1 Å². The zero-order valence-corrected chi connectivity index (χ0v) is 15.3. The zero-order valence-electron chi connectivity index (χ0n) is 14.5. The Morgan fingerprint density at radius 3 is 2.39 bits per heavy atom. The Labute approximate surface area is 163 Å². The van der Waals surface area contributed by atoms with Crippen molar-refractivity contribution in [3.8, 4) is 16.9 Å². The van der Waals surface area contributed by atoms with Gasteiger partial charge in [0.25, 0.3) is 5.91 Å². The van der Waals surface area contributed by atoms with Gasteiger partial charge in [-0.3, -0.25) is 4.79 Å². The highest BCUT2D eigenvalue weighted by molar-refractivity contribution is 6.29. The van der Waals surface area contributed by atoms with Gasteiger partial charge in [0.15, 0.2) is 0 Å². The summed E-state index contributed by atoms with van der Waals surface area (Å²) < 4.78 is 40.8. The third-order valence-electron chi connectivity index (χ3n) is 3.96. The summed E-state index contributed by atoms with van der Waals surface area (Å²) in [5, 5.41) is 3.05. The molecule has 0 bridgehead atoms. The monoisotopic (exact) mass is 406 g/mol. The molecule has 1 heterocycles. The molecule has 0 aliphatic heterocycles. The predicted octanol–water partition coefficient (Wildman–Crippen LogP) is 5.86. The van der Waals surface area contributed by atoms with Crippen molar-refractivity contribution in [2.75, 3.05) is 5.32 Å². The van der Waals surface area contributed by atoms with Gasteiger partial charge in [0.2, 0.25) is 0 Å². The van der Waals surface area contributed by atoms with Crippen molar-refractivity contribution in [3.05, 3.63) is 77.1 Å². The molecule has 2 aromatic carbocycles. The van der Waals surface area contributed by atoms with E-state index in [1.807, 2.05) is 0 Å². The number of amides is 1. The summed E-state index contributed by atoms with van der Waals surface area (Å²) >= 11 is 5.73. The van der Waals surface area contributed by atoms with Crippen molar-refractivity contribution in [2.24, 2.45) is 0 Å². The number of carbonyl (C=O) groups excluding carboxylic acids is 1. The van der Waals surface area contributed by atoms with E-state index in [1.54, 1.807) is 37.3 Å². The van der Waals surface area contributed by atoms with Crippen molar-refractivity contribution >= 4 is 23.2 Å². The topological polar surface area (TPSA) is 51.2 Å². The first-order chi connectivity index (χ1) is 13.2. The highest BCUT2D eigenvalue weighted by atomic mass is 35.5. The molecule has 0 aliphatic rings. The standard InChI is InChI=1S/C20H14ClF3N2O2/c1-12-16(13-5-8-15(9-6-13)28-20(22,23)24)3-2-4-17(12)19(27)26-14-7-10-18(21)25-11-14/h2-11H,1H3,(H,26,27). The van der Waals surface area contributed by atoms with Crippen molar-refractivity contribution in [2.45, 2.75) is 13.3 Å². The van der Waals surface area contributed by atoms with Crippen LogP contribution in [-0.4, -0.2) is 17.3 Å². The largest absolute Gasteiger partial charge is 0.573 e. The molecule has 0 aliphatic carbocycles. The van der Waals surface area contributed by atoms with Crippen LogP contribution in [0.3, 0.4) is 0 Å². The van der Waals surface area contributed by atoms with Crippen molar-refractivity contribution in [1.82, 2.24) is 4.98 Å². The van der Waals surface area contributed by atoms with E-state index in [9.17, 15) is 18.0 Å². The van der Waals surface area contributed by atoms with E-state index in [4.69, 9.17) is 11.6 Å². The second kappa shape index (κ2) is 7.90. The van der Waals surface area contributed by atoms with Crippen LogP contribution in [-0.2, 0) is 0 Å². The van der Waals surface area contributed by atoms with Gasteiger partial charge < -0.3 is 10.1 Å². The molecule has 0 atom stereocenters. The van der Waals surface area contributed by atoms with E-state index in [0.717, 1.165) is 5.56 Å². The number of hydrogen-bond donors (Lipinski definition) is 1. The molecule has 3 rings (SSSR count). The summed E-state index contributed by atoms with van der Waals surface area (Å²) in [5.41, 5.74) is 3.00. The number of pyridine rings is 1. The van der Waals surface area contributed by atoms with Gasteiger partial charge in [-0.15, -0.1) is 13.2 Å². The van der Waals surface area contributed by atoms with Crippen molar-refractivity contribution < 1.29 is 22.7 Å². The van der Waals surface area contributed by atoms with Crippen LogP contribution in [0.1, 0.15) is 15.9 Å². The van der Waals surface area contributed by atoms with Crippen molar-refractivity contribution in [3.63, 3.8) is 0 Å². The third kappa shape index (κ3) is 4.80. The highest BCUT2D eigenvalue weighted by Crippen LogP contribution is 2.29. The minimum Gasteiger partial charge on any atom is -0.406 e. The minimum atomic E-state index is -4.74. The fraction of sp³-hybridized carbons (Fsp3) is 0.100. The predicted molar refractivity (Wildman–Crippen MR) is 100 cm³/mol. The Balaban J connectivity index is 1.84. The van der Waals surface area contributed by atoms with Crippen LogP contribution in [0.15, 0.2) is 60.8 Å². The van der Waals surface area contributed by atoms with Gasteiger partial charge in [-0.25, -0.2) is 4.98 Å². The van der Waals surface area contributed by atoms with Crippen LogP contribution < -0.4 is 10.1 Å². The van der Waals surface area contributed by atoms with Gasteiger partial charge in [-0.05, 0) is 53.9 Å². The summed E-state index contributed by atoms with van der Waals surface area (Å²) in [6, 6.07) is 13.8. The Morgan fingerprint density at radius 2 is 1.79 bits per heavy atom. The number of carbonyl (C=O) groups is 1. The molecule has 0 unspecified atom stereocenters. The van der Waals surface area contributed by atoms with Gasteiger partial charge in [0, 0.05) is 5.56 Å². The molecule has 0 radical (unpaired) electrons. The number of anilines is 1. The lowest BCUT2D eigenvalue weighted by atomic mass is 9.96. The first-order valence-corrected chi connectivity index (χ1v) is 8.49. The Kier molecular flexibility index (Phi) is 5.56. The van der Waals surface area contributed by atoms with Gasteiger partial charge in [-0.2, -0.15) is 0 Å². The number of benzene rings is 2. The fourth-order valence-corrected chi connectivity index (χ4v) is 2.79. The van der Waals surface area contributed by atoms with Gasteiger partial charge >= 0.3 is 6.36 Å². The van der Waals surface area contributed by atoms with Crippen LogP contribution >= 0.6 is 11.6 Å². The first kappa shape index (κ1) is 19.7. The molecule has 4 nitrogen and oxygen atoms in total. The van der Waals surface area contributed by atoms with E-state index in [1.165, 1.54) is 30.5 Å². The van der Waals surface area contributed by atoms with E-state index in [-0.39, 0.29) is 11.7 Å².